The molecule has 15 heavy (non-hydrogen) atoms. The molecule has 0 unspecified atom stereocenters. The van der Waals surface area contributed by atoms with Crippen molar-refractivity contribution in [2.24, 2.45) is 0 Å². The SMILES string of the molecule is C=CCOC(=O)N[C@@H]1CS[C@H](C(=O)O)C1. The Labute approximate surface area is 91.9 Å². The van der Waals surface area contributed by atoms with E-state index in [1.54, 1.807) is 0 Å². The maximum atomic E-state index is 11.1. The third-order valence-corrected chi connectivity index (χ3v) is 3.32. The topological polar surface area (TPSA) is 75.6 Å². The molecule has 1 aliphatic heterocycles. The fourth-order valence-corrected chi connectivity index (χ4v) is 2.44. The van der Waals surface area contributed by atoms with Crippen molar-refractivity contribution in [3.8, 4) is 0 Å². The predicted octanol–water partition coefficient (Wildman–Crippen LogP) is 0.857. The summed E-state index contributed by atoms with van der Waals surface area (Å²) in [5, 5.41) is 10.9. The summed E-state index contributed by atoms with van der Waals surface area (Å²) in [5.74, 6) is -0.219. The van der Waals surface area contributed by atoms with Gasteiger partial charge in [0, 0.05) is 11.8 Å². The average molecular weight is 231 g/mol. The van der Waals surface area contributed by atoms with Crippen LogP contribution in [0.4, 0.5) is 4.79 Å². The molecule has 84 valence electrons. The Balaban J connectivity index is 2.26. The quantitative estimate of drug-likeness (QED) is 0.702. The van der Waals surface area contributed by atoms with Gasteiger partial charge in [0.05, 0.1) is 0 Å². The highest BCUT2D eigenvalue weighted by Crippen LogP contribution is 2.26. The number of amides is 1. The number of nitrogens with one attached hydrogen (secondary N) is 1. The Morgan fingerprint density at radius 3 is 2.93 bits per heavy atom. The first-order valence-corrected chi connectivity index (χ1v) is 5.57. The van der Waals surface area contributed by atoms with Gasteiger partial charge in [0.2, 0.25) is 0 Å². The van der Waals surface area contributed by atoms with Gasteiger partial charge in [-0.25, -0.2) is 4.79 Å². The lowest BCUT2D eigenvalue weighted by Gasteiger charge is -2.10. The number of carbonyl (C=O) groups is 2. The molecule has 1 heterocycles. The van der Waals surface area contributed by atoms with Crippen LogP contribution < -0.4 is 5.32 Å². The summed E-state index contributed by atoms with van der Waals surface area (Å²) in [6.45, 7) is 3.57. The number of carboxylic acids is 1. The minimum Gasteiger partial charge on any atom is -0.480 e. The first kappa shape index (κ1) is 11.9. The Hall–Kier alpha value is -1.17. The zero-order valence-corrected chi connectivity index (χ0v) is 8.96. The van der Waals surface area contributed by atoms with E-state index in [-0.39, 0.29) is 12.6 Å². The van der Waals surface area contributed by atoms with Gasteiger partial charge in [-0.05, 0) is 6.42 Å². The second kappa shape index (κ2) is 5.65. The van der Waals surface area contributed by atoms with Crippen LogP contribution in [0.25, 0.3) is 0 Å². The summed E-state index contributed by atoms with van der Waals surface area (Å²) in [4.78, 5) is 21.7. The predicted molar refractivity (Wildman–Crippen MR) is 57.0 cm³/mol. The van der Waals surface area contributed by atoms with Crippen LogP contribution in [0, 0.1) is 0 Å². The molecule has 2 atom stereocenters. The number of hydrogen-bond acceptors (Lipinski definition) is 4. The molecule has 0 aromatic rings. The van der Waals surface area contributed by atoms with Crippen molar-refractivity contribution in [3.05, 3.63) is 12.7 Å². The monoisotopic (exact) mass is 231 g/mol. The molecule has 5 nitrogen and oxygen atoms in total. The van der Waals surface area contributed by atoms with Gasteiger partial charge in [-0.1, -0.05) is 12.7 Å². The number of aliphatic carboxylic acids is 1. The largest absolute Gasteiger partial charge is 0.480 e. The maximum absolute atomic E-state index is 11.1. The number of carbonyl (C=O) groups excluding carboxylic acids is 1. The van der Waals surface area contributed by atoms with Crippen molar-refractivity contribution in [2.45, 2.75) is 17.7 Å². The lowest BCUT2D eigenvalue weighted by Crippen LogP contribution is -2.36. The first-order chi connectivity index (χ1) is 7.13. The lowest BCUT2D eigenvalue weighted by molar-refractivity contribution is -0.136. The number of ether oxygens (including phenoxy) is 1. The highest BCUT2D eigenvalue weighted by molar-refractivity contribution is 8.00. The van der Waals surface area contributed by atoms with Crippen LogP contribution in [-0.4, -0.2) is 40.8 Å². The van der Waals surface area contributed by atoms with E-state index in [0.29, 0.717) is 12.2 Å². The van der Waals surface area contributed by atoms with Crippen LogP contribution in [-0.2, 0) is 9.53 Å². The molecule has 0 aliphatic carbocycles. The zero-order valence-electron chi connectivity index (χ0n) is 8.14. The van der Waals surface area contributed by atoms with Crippen molar-refractivity contribution in [1.82, 2.24) is 5.32 Å². The van der Waals surface area contributed by atoms with Crippen LogP contribution in [0.15, 0.2) is 12.7 Å². The van der Waals surface area contributed by atoms with E-state index in [2.05, 4.69) is 11.9 Å². The first-order valence-electron chi connectivity index (χ1n) is 4.52. The molecule has 0 bridgehead atoms. The van der Waals surface area contributed by atoms with E-state index in [4.69, 9.17) is 9.84 Å². The van der Waals surface area contributed by atoms with E-state index in [1.165, 1.54) is 17.8 Å². The Kier molecular flexibility index (Phi) is 4.48. The van der Waals surface area contributed by atoms with Crippen molar-refractivity contribution >= 4 is 23.8 Å². The van der Waals surface area contributed by atoms with E-state index in [0.717, 1.165) is 0 Å². The summed E-state index contributed by atoms with van der Waals surface area (Å²) in [5.41, 5.74) is 0. The molecule has 0 aromatic heterocycles. The van der Waals surface area contributed by atoms with E-state index in [1.807, 2.05) is 0 Å². The minimum absolute atomic E-state index is 0.117. The van der Waals surface area contributed by atoms with Gasteiger partial charge < -0.3 is 15.2 Å². The van der Waals surface area contributed by atoms with Gasteiger partial charge in [-0.2, -0.15) is 0 Å². The molecule has 1 aliphatic rings. The zero-order chi connectivity index (χ0) is 11.3. The molecule has 0 aromatic carbocycles. The fraction of sp³-hybridized carbons (Fsp3) is 0.556. The number of thioether (sulfide) groups is 1. The van der Waals surface area contributed by atoms with Gasteiger partial charge in [0.25, 0.3) is 0 Å². The fourth-order valence-electron chi connectivity index (χ4n) is 1.24. The van der Waals surface area contributed by atoms with Gasteiger partial charge >= 0.3 is 12.1 Å². The van der Waals surface area contributed by atoms with Gasteiger partial charge in [-0.3, -0.25) is 4.79 Å². The molecular formula is C9H13NO4S. The number of rotatable bonds is 4. The number of hydrogen-bond donors (Lipinski definition) is 2. The third kappa shape index (κ3) is 3.83. The summed E-state index contributed by atoms with van der Waals surface area (Å²) >= 11 is 1.33. The molecule has 1 rings (SSSR count). The van der Waals surface area contributed by atoms with Crippen LogP contribution in [0.5, 0.6) is 0 Å². The van der Waals surface area contributed by atoms with Crippen LogP contribution >= 0.6 is 11.8 Å². The lowest BCUT2D eigenvalue weighted by atomic mass is 10.2. The second-order valence-corrected chi connectivity index (χ2v) is 4.36. The molecule has 0 radical (unpaired) electrons. The second-order valence-electron chi connectivity index (χ2n) is 3.12. The van der Waals surface area contributed by atoms with Gasteiger partial charge in [0.15, 0.2) is 0 Å². The third-order valence-electron chi connectivity index (χ3n) is 1.93. The van der Waals surface area contributed by atoms with Crippen LogP contribution in [0.2, 0.25) is 0 Å². The van der Waals surface area contributed by atoms with Crippen molar-refractivity contribution in [2.75, 3.05) is 12.4 Å². The van der Waals surface area contributed by atoms with Crippen LogP contribution in [0.3, 0.4) is 0 Å². The van der Waals surface area contributed by atoms with Crippen molar-refractivity contribution in [3.63, 3.8) is 0 Å². The Morgan fingerprint density at radius 2 is 2.40 bits per heavy atom. The molecule has 0 saturated carbocycles. The Morgan fingerprint density at radius 1 is 1.67 bits per heavy atom. The Bertz CT molecular complexity index is 269. The summed E-state index contributed by atoms with van der Waals surface area (Å²) < 4.78 is 4.72. The summed E-state index contributed by atoms with van der Waals surface area (Å²) in [6.07, 6.45) is 1.40. The molecule has 2 N–H and O–H groups in total. The molecule has 6 heteroatoms. The van der Waals surface area contributed by atoms with Crippen molar-refractivity contribution in [1.29, 1.82) is 0 Å². The molecular weight excluding hydrogens is 218 g/mol. The molecule has 1 saturated heterocycles. The smallest absolute Gasteiger partial charge is 0.407 e. The molecule has 0 spiro atoms. The normalized spacial score (nSPS) is 24.5. The minimum atomic E-state index is -0.830. The van der Waals surface area contributed by atoms with Crippen LogP contribution in [0.1, 0.15) is 6.42 Å². The summed E-state index contributed by atoms with van der Waals surface area (Å²) in [6, 6.07) is -0.117. The standard InChI is InChI=1S/C9H13NO4S/c1-2-3-14-9(13)10-6-4-7(8(11)12)15-5-6/h2,6-7H,1,3-5H2,(H,10,13)(H,11,12)/t6-,7-/m0/s1. The number of alkyl carbamates (subject to hydrolysis) is 1. The molecule has 1 amide bonds. The highest BCUT2D eigenvalue weighted by atomic mass is 32.2. The van der Waals surface area contributed by atoms with Crippen molar-refractivity contribution < 1.29 is 19.4 Å². The maximum Gasteiger partial charge on any atom is 0.407 e. The average Bonchev–Trinajstić information content (AvgIpc) is 2.63. The van der Waals surface area contributed by atoms with E-state index in [9.17, 15) is 9.59 Å². The number of carboxylic acid groups (broad SMARTS) is 1. The highest BCUT2D eigenvalue weighted by Gasteiger charge is 2.31. The molecule has 1 fully saturated rings. The van der Waals surface area contributed by atoms with Gasteiger partial charge in [-0.15, -0.1) is 11.8 Å². The van der Waals surface area contributed by atoms with Gasteiger partial charge in [0.1, 0.15) is 11.9 Å². The van der Waals surface area contributed by atoms with E-state index >= 15 is 0 Å². The van der Waals surface area contributed by atoms with E-state index < -0.39 is 17.3 Å². The summed E-state index contributed by atoms with van der Waals surface area (Å²) in [7, 11) is 0.